The molecule has 0 heterocycles. The number of hydrogen-bond donors (Lipinski definition) is 0. The van der Waals surface area contributed by atoms with Crippen LogP contribution in [-0.2, 0) is 0 Å². The zero-order valence-electron chi connectivity index (χ0n) is 36.7. The lowest BCUT2D eigenvalue weighted by molar-refractivity contribution is 0.443. The molecule has 0 saturated heterocycles. The first-order chi connectivity index (χ1) is 29.2. The summed E-state index contributed by atoms with van der Waals surface area (Å²) in [4.78, 5) is 0. The Kier molecular flexibility index (Phi) is 5.86. The van der Waals surface area contributed by atoms with Gasteiger partial charge in [0.15, 0.2) is 0 Å². The van der Waals surface area contributed by atoms with Crippen molar-refractivity contribution >= 4 is 43.1 Å². The minimum Gasteiger partial charge on any atom is -0.0616 e. The first kappa shape index (κ1) is 23.5. The Hall–Kier alpha value is -5.98. The van der Waals surface area contributed by atoms with E-state index in [2.05, 4.69) is 48.5 Å². The Morgan fingerprint density at radius 2 is 0.808 bits per heavy atom. The normalized spacial score (nSPS) is 15.8. The van der Waals surface area contributed by atoms with E-state index >= 15 is 0 Å². The third kappa shape index (κ3) is 5.13. The van der Waals surface area contributed by atoms with Crippen LogP contribution >= 0.6 is 0 Å². The van der Waals surface area contributed by atoms with Crippen molar-refractivity contribution < 1.29 is 11.0 Å². The van der Waals surface area contributed by atoms with E-state index in [0.29, 0.717) is 28.2 Å². The summed E-state index contributed by atoms with van der Waals surface area (Å²) in [5.41, 5.74) is 6.47. The van der Waals surface area contributed by atoms with Crippen molar-refractivity contribution in [2.45, 2.75) is 38.0 Å². The minimum absolute atomic E-state index is 0.207. The lowest BCUT2D eigenvalue weighted by Gasteiger charge is -2.24. The second kappa shape index (κ2) is 13.0. The summed E-state index contributed by atoms with van der Waals surface area (Å²) in [5, 5.41) is 4.83. The van der Waals surface area contributed by atoms with Crippen LogP contribution in [0.1, 0.15) is 54.6 Å². The molecule has 1 aliphatic carbocycles. The highest BCUT2D eigenvalue weighted by molar-refractivity contribution is 6.24. The van der Waals surface area contributed by atoms with Gasteiger partial charge in [0.1, 0.15) is 0 Å². The van der Waals surface area contributed by atoms with Crippen LogP contribution < -0.4 is 0 Å². The summed E-state index contributed by atoms with van der Waals surface area (Å²) >= 11 is 0. The molecule has 9 aromatic carbocycles. The van der Waals surface area contributed by atoms with Gasteiger partial charge in [-0.05, 0) is 112 Å². The van der Waals surface area contributed by atoms with Crippen LogP contribution in [-0.4, -0.2) is 0 Å². The smallest absolute Gasteiger partial charge is 0.0616 e. The van der Waals surface area contributed by atoms with Crippen LogP contribution in [0.2, 0.25) is 0 Å². The molecule has 0 N–H and O–H groups in total. The zero-order chi connectivity index (χ0) is 41.4. The van der Waals surface area contributed by atoms with E-state index in [1.165, 1.54) is 24.8 Å². The molecule has 0 aromatic heterocycles. The van der Waals surface area contributed by atoms with Gasteiger partial charge in [-0.3, -0.25) is 0 Å². The van der Waals surface area contributed by atoms with Crippen molar-refractivity contribution in [3.8, 4) is 44.5 Å². The van der Waals surface area contributed by atoms with E-state index in [1.54, 1.807) is 0 Å². The van der Waals surface area contributed by atoms with Crippen molar-refractivity contribution in [2.24, 2.45) is 0 Å². The summed E-state index contributed by atoms with van der Waals surface area (Å²) in [5.74, 6) is 0.427. The molecule has 0 unspecified atom stereocenters. The van der Waals surface area contributed by atoms with Crippen molar-refractivity contribution in [2.75, 3.05) is 0 Å². The third-order valence-corrected chi connectivity index (χ3v) is 11.1. The predicted octanol–water partition coefficient (Wildman–Crippen LogP) is 15.0. The van der Waals surface area contributed by atoms with Crippen LogP contribution in [0.15, 0.2) is 176 Å². The maximum atomic E-state index is 9.77. The van der Waals surface area contributed by atoms with Crippen LogP contribution in [0.3, 0.4) is 0 Å². The largest absolute Gasteiger partial charge is 0.0629 e. The maximum Gasteiger partial charge on any atom is 0.0629 e. The molecule has 0 spiro atoms. The fourth-order valence-electron chi connectivity index (χ4n) is 8.71. The molecule has 1 fully saturated rings. The van der Waals surface area contributed by atoms with Crippen molar-refractivity contribution in [3.63, 3.8) is 0 Å². The van der Waals surface area contributed by atoms with Gasteiger partial charge < -0.3 is 0 Å². The van der Waals surface area contributed by atoms with E-state index in [0.717, 1.165) is 56.6 Å². The minimum atomic E-state index is -0.415. The second-order valence-corrected chi connectivity index (χ2v) is 14.0. The zero-order valence-corrected chi connectivity index (χ0v) is 28.7. The lowest BCUT2D eigenvalue weighted by atomic mass is 9.79. The van der Waals surface area contributed by atoms with E-state index < -0.39 is 24.2 Å². The highest BCUT2D eigenvalue weighted by atomic mass is 14.3. The molecule has 248 valence electrons. The molecule has 0 nitrogen and oxygen atoms in total. The first-order valence-corrected chi connectivity index (χ1v) is 18.3. The van der Waals surface area contributed by atoms with Crippen LogP contribution in [0.4, 0.5) is 0 Å². The summed E-state index contributed by atoms with van der Waals surface area (Å²) in [6.45, 7) is 0. The summed E-state index contributed by atoms with van der Waals surface area (Å²) < 4.78 is 75.2. The Morgan fingerprint density at radius 1 is 0.365 bits per heavy atom. The first-order valence-electron chi connectivity index (χ1n) is 22.3. The monoisotopic (exact) mass is 672 g/mol. The second-order valence-electron chi connectivity index (χ2n) is 14.0. The standard InChI is InChI=1S/C52H40/c1-2-15-35(16-3-1)36-31-33-39(34-32-36)50-46-23-8-10-25-48(46)52(49-26-11-9-24-47(49)50)51-44(42-27-12-19-37-17-4-6-21-40(37)42)29-14-30-45(51)43-28-13-20-38-18-5-7-22-41(38)43/h4-14,17-35H,1-3,15-16H2/i8D,9D,10D,11D,23D,24D,25D,26D. The Morgan fingerprint density at radius 3 is 1.35 bits per heavy atom. The average Bonchev–Trinajstić information content (AvgIpc) is 3.30. The maximum absolute atomic E-state index is 9.77. The van der Waals surface area contributed by atoms with Gasteiger partial charge in [0.25, 0.3) is 0 Å². The number of fused-ring (bicyclic) bond motifs is 4. The molecule has 0 atom stereocenters. The summed E-state index contributed by atoms with van der Waals surface area (Å²) in [6, 6.07) is 39.8. The van der Waals surface area contributed by atoms with Gasteiger partial charge >= 0.3 is 0 Å². The van der Waals surface area contributed by atoms with Gasteiger partial charge in [-0.2, -0.15) is 0 Å². The van der Waals surface area contributed by atoms with Crippen molar-refractivity contribution in [1.29, 1.82) is 0 Å². The number of rotatable bonds is 5. The third-order valence-electron chi connectivity index (χ3n) is 11.1. The molecule has 52 heavy (non-hydrogen) atoms. The SMILES string of the molecule is [2H]c1c([2H])c([2H])c2c(-c3c(-c4cccc5ccccc45)cccc3-c3cccc4ccccc34)c3c([2H])c([2H])c([2H])c([2H])c3c(-c3ccc(C4CCCCC4)cc3)c2c1[2H]. The Balaban J connectivity index is 1.45. The van der Waals surface area contributed by atoms with Crippen LogP contribution in [0, 0.1) is 0 Å². The van der Waals surface area contributed by atoms with Gasteiger partial charge in [-0.1, -0.05) is 195 Å². The summed E-state index contributed by atoms with van der Waals surface area (Å²) in [7, 11) is 0. The number of hydrogen-bond acceptors (Lipinski definition) is 0. The van der Waals surface area contributed by atoms with Gasteiger partial charge in [0.2, 0.25) is 0 Å². The van der Waals surface area contributed by atoms with Crippen LogP contribution in [0.25, 0.3) is 87.6 Å². The van der Waals surface area contributed by atoms with Gasteiger partial charge in [-0.15, -0.1) is 0 Å². The van der Waals surface area contributed by atoms with E-state index in [9.17, 15) is 5.48 Å². The van der Waals surface area contributed by atoms with Crippen molar-refractivity contribution in [3.05, 3.63) is 181 Å². The molecule has 10 rings (SSSR count). The topological polar surface area (TPSA) is 0 Å². The Labute approximate surface area is 317 Å². The molecule has 1 aliphatic rings. The molecule has 0 aliphatic heterocycles. The molecule has 0 amide bonds. The quantitative estimate of drug-likeness (QED) is 0.160. The highest BCUT2D eigenvalue weighted by Crippen LogP contribution is 2.50. The van der Waals surface area contributed by atoms with Gasteiger partial charge in [-0.25, -0.2) is 0 Å². The van der Waals surface area contributed by atoms with E-state index in [4.69, 9.17) is 5.48 Å². The average molecular weight is 673 g/mol. The molecular weight excluding hydrogens is 625 g/mol. The molecule has 0 radical (unpaired) electrons. The molecule has 0 bridgehead atoms. The number of benzene rings is 9. The van der Waals surface area contributed by atoms with Crippen molar-refractivity contribution in [1.82, 2.24) is 0 Å². The molecular formula is C52H40. The van der Waals surface area contributed by atoms with Gasteiger partial charge in [0, 0.05) is 0 Å². The van der Waals surface area contributed by atoms with E-state index in [-0.39, 0.29) is 45.7 Å². The van der Waals surface area contributed by atoms with E-state index in [1.807, 2.05) is 78.9 Å². The fraction of sp³-hybridized carbons (Fsp3) is 0.115. The molecule has 1 saturated carbocycles. The summed E-state index contributed by atoms with van der Waals surface area (Å²) in [6.07, 6.45) is 5.80. The van der Waals surface area contributed by atoms with Crippen LogP contribution in [0.5, 0.6) is 0 Å². The molecule has 9 aromatic rings. The molecule has 0 heteroatoms. The van der Waals surface area contributed by atoms with Gasteiger partial charge in [0.05, 0.1) is 11.0 Å². The predicted molar refractivity (Wildman–Crippen MR) is 224 cm³/mol. The lowest BCUT2D eigenvalue weighted by Crippen LogP contribution is -2.04. The highest BCUT2D eigenvalue weighted by Gasteiger charge is 2.23. The fourth-order valence-corrected chi connectivity index (χ4v) is 8.71. The Bertz CT molecular complexity index is 3030.